The van der Waals surface area contributed by atoms with Crippen LogP contribution in [-0.2, 0) is 0 Å². The van der Waals surface area contributed by atoms with Crippen molar-refractivity contribution in [2.75, 3.05) is 35.3 Å². The zero-order chi connectivity index (χ0) is 15.2. The Morgan fingerprint density at radius 1 is 1.14 bits per heavy atom. The Labute approximate surface area is 125 Å². The van der Waals surface area contributed by atoms with Crippen LogP contribution in [-0.4, -0.2) is 45.8 Å². The van der Waals surface area contributed by atoms with Crippen LogP contribution in [0.2, 0.25) is 0 Å². The van der Waals surface area contributed by atoms with E-state index in [4.69, 9.17) is 5.84 Å². The maximum Gasteiger partial charge on any atom is 0.243 e. The summed E-state index contributed by atoms with van der Waals surface area (Å²) in [5.74, 6) is 7.09. The van der Waals surface area contributed by atoms with Gasteiger partial charge in [0, 0.05) is 13.1 Å². The molecule has 1 aliphatic rings. The van der Waals surface area contributed by atoms with Crippen LogP contribution in [0.3, 0.4) is 0 Å². The first-order chi connectivity index (χ1) is 10.1. The van der Waals surface area contributed by atoms with E-state index in [2.05, 4.69) is 30.6 Å². The third-order valence-corrected chi connectivity index (χ3v) is 3.71. The second-order valence-corrected chi connectivity index (χ2v) is 5.65. The van der Waals surface area contributed by atoms with E-state index in [1.54, 1.807) is 0 Å². The van der Waals surface area contributed by atoms with Gasteiger partial charge in [-0.1, -0.05) is 13.8 Å². The fourth-order valence-corrected chi connectivity index (χ4v) is 2.32. The molecular formula is C13H25N7O. The highest BCUT2D eigenvalue weighted by Gasteiger charge is 2.18. The van der Waals surface area contributed by atoms with Crippen molar-refractivity contribution in [3.05, 3.63) is 0 Å². The van der Waals surface area contributed by atoms with Crippen molar-refractivity contribution in [2.45, 2.75) is 39.2 Å². The number of nitrogens with zero attached hydrogens (tertiary/aromatic N) is 4. The summed E-state index contributed by atoms with van der Waals surface area (Å²) in [7, 11) is 0. The maximum absolute atomic E-state index is 9.42. The van der Waals surface area contributed by atoms with E-state index in [1.165, 1.54) is 6.42 Å². The molecule has 0 aromatic carbocycles. The van der Waals surface area contributed by atoms with Crippen molar-refractivity contribution >= 4 is 17.8 Å². The van der Waals surface area contributed by atoms with E-state index in [1.807, 2.05) is 13.8 Å². The third-order valence-electron chi connectivity index (χ3n) is 3.71. The molecule has 1 aliphatic heterocycles. The molecule has 0 saturated carbocycles. The summed E-state index contributed by atoms with van der Waals surface area (Å²) < 4.78 is 0. The Kier molecular flexibility index (Phi) is 5.51. The van der Waals surface area contributed by atoms with Crippen molar-refractivity contribution < 1.29 is 5.11 Å². The van der Waals surface area contributed by atoms with Crippen LogP contribution >= 0.6 is 0 Å². The van der Waals surface area contributed by atoms with Crippen LogP contribution in [0.1, 0.15) is 33.1 Å². The van der Waals surface area contributed by atoms with Crippen LogP contribution in [0.4, 0.5) is 17.8 Å². The van der Waals surface area contributed by atoms with E-state index in [0.29, 0.717) is 17.8 Å². The first-order valence-electron chi connectivity index (χ1n) is 7.49. The normalized spacial score (nSPS) is 16.9. The number of rotatable bonds is 6. The third kappa shape index (κ3) is 4.15. The van der Waals surface area contributed by atoms with Gasteiger partial charge in [-0.3, -0.25) is 5.43 Å². The van der Waals surface area contributed by atoms with Gasteiger partial charge < -0.3 is 15.3 Å². The number of nitrogens with two attached hydrogens (primary N) is 1. The number of nitrogen functional groups attached to an aromatic ring is 1. The van der Waals surface area contributed by atoms with Crippen molar-refractivity contribution in [1.29, 1.82) is 0 Å². The summed E-state index contributed by atoms with van der Waals surface area (Å²) in [5, 5.41) is 12.6. The largest absolute Gasteiger partial charge is 0.394 e. The number of aromatic nitrogens is 3. The lowest BCUT2D eigenvalue weighted by molar-refractivity contribution is 0.248. The zero-order valence-corrected chi connectivity index (χ0v) is 12.7. The van der Waals surface area contributed by atoms with Gasteiger partial charge >= 0.3 is 0 Å². The van der Waals surface area contributed by atoms with Crippen molar-refractivity contribution in [1.82, 2.24) is 15.0 Å². The van der Waals surface area contributed by atoms with Gasteiger partial charge in [0.1, 0.15) is 0 Å². The molecule has 1 aromatic rings. The fraction of sp³-hybridized carbons (Fsp3) is 0.769. The molecule has 0 radical (unpaired) electrons. The summed E-state index contributed by atoms with van der Waals surface area (Å²) in [6, 6.07) is -0.104. The molecule has 1 aromatic heterocycles. The van der Waals surface area contributed by atoms with Gasteiger partial charge in [0.15, 0.2) is 0 Å². The minimum atomic E-state index is -0.104. The number of aliphatic hydroxyl groups is 1. The monoisotopic (exact) mass is 295 g/mol. The lowest BCUT2D eigenvalue weighted by Gasteiger charge is -2.27. The molecule has 0 amide bonds. The number of nitrogens with one attached hydrogen (secondary N) is 2. The number of hydrogen-bond acceptors (Lipinski definition) is 8. The Hall–Kier alpha value is -1.67. The van der Waals surface area contributed by atoms with Gasteiger partial charge in [0.25, 0.3) is 0 Å². The first-order valence-corrected chi connectivity index (χ1v) is 7.49. The topological polar surface area (TPSA) is 112 Å². The molecule has 8 nitrogen and oxygen atoms in total. The summed E-state index contributed by atoms with van der Waals surface area (Å²) >= 11 is 0. The minimum Gasteiger partial charge on any atom is -0.394 e. The SMILES string of the molecule is CC(C)C(CO)Nc1nc(NN)nc(N2CCCCC2)n1. The molecule has 0 bridgehead atoms. The van der Waals surface area contributed by atoms with E-state index >= 15 is 0 Å². The smallest absolute Gasteiger partial charge is 0.243 e. The highest BCUT2D eigenvalue weighted by molar-refractivity contribution is 5.44. The quantitative estimate of drug-likeness (QED) is 0.445. The molecule has 8 heteroatoms. The summed E-state index contributed by atoms with van der Waals surface area (Å²) in [6.07, 6.45) is 3.53. The molecule has 2 rings (SSSR count). The average molecular weight is 295 g/mol. The van der Waals surface area contributed by atoms with Crippen LogP contribution in [0.5, 0.6) is 0 Å². The predicted octanol–water partition coefficient (Wildman–Crippen LogP) is 0.576. The maximum atomic E-state index is 9.42. The molecule has 118 valence electrons. The first kappa shape index (κ1) is 15.7. The number of hydrazine groups is 1. The van der Waals surface area contributed by atoms with Crippen LogP contribution in [0, 0.1) is 5.92 Å². The van der Waals surface area contributed by atoms with Gasteiger partial charge in [0.2, 0.25) is 17.8 Å². The molecule has 1 unspecified atom stereocenters. The van der Waals surface area contributed by atoms with Gasteiger partial charge in [-0.2, -0.15) is 15.0 Å². The van der Waals surface area contributed by atoms with Crippen molar-refractivity contribution in [3.8, 4) is 0 Å². The molecule has 0 spiro atoms. The van der Waals surface area contributed by atoms with Gasteiger partial charge in [-0.05, 0) is 25.2 Å². The van der Waals surface area contributed by atoms with Crippen LogP contribution in [0.25, 0.3) is 0 Å². The number of anilines is 3. The summed E-state index contributed by atoms with van der Waals surface area (Å²) in [5.41, 5.74) is 2.48. The highest BCUT2D eigenvalue weighted by Crippen LogP contribution is 2.19. The van der Waals surface area contributed by atoms with Crippen LogP contribution < -0.4 is 21.5 Å². The number of aliphatic hydroxyl groups excluding tert-OH is 1. The van der Waals surface area contributed by atoms with E-state index in [-0.39, 0.29) is 18.6 Å². The number of piperidine rings is 1. The molecule has 2 heterocycles. The lowest BCUT2D eigenvalue weighted by Crippen LogP contribution is -2.33. The zero-order valence-electron chi connectivity index (χ0n) is 12.7. The second-order valence-electron chi connectivity index (χ2n) is 5.65. The molecular weight excluding hydrogens is 270 g/mol. The lowest BCUT2D eigenvalue weighted by atomic mass is 10.1. The highest BCUT2D eigenvalue weighted by atomic mass is 16.3. The molecule has 0 aliphatic carbocycles. The van der Waals surface area contributed by atoms with E-state index in [9.17, 15) is 5.11 Å². The van der Waals surface area contributed by atoms with Crippen LogP contribution in [0.15, 0.2) is 0 Å². The Morgan fingerprint density at radius 3 is 2.38 bits per heavy atom. The van der Waals surface area contributed by atoms with E-state index in [0.717, 1.165) is 25.9 Å². The molecule has 1 atom stereocenters. The minimum absolute atomic E-state index is 0.0216. The molecule has 1 fully saturated rings. The summed E-state index contributed by atoms with van der Waals surface area (Å²) in [4.78, 5) is 15.1. The van der Waals surface area contributed by atoms with Crippen molar-refractivity contribution in [2.24, 2.45) is 11.8 Å². The van der Waals surface area contributed by atoms with Gasteiger partial charge in [-0.25, -0.2) is 5.84 Å². The second kappa shape index (κ2) is 7.37. The van der Waals surface area contributed by atoms with Gasteiger partial charge in [0.05, 0.1) is 12.6 Å². The van der Waals surface area contributed by atoms with Crippen molar-refractivity contribution in [3.63, 3.8) is 0 Å². The standard InChI is InChI=1S/C13H25N7O/c1-9(2)10(8-21)15-11-16-12(19-14)18-13(17-11)20-6-4-3-5-7-20/h9-10,21H,3-8,14H2,1-2H3,(H2,15,16,17,18,19). The number of hydrogen-bond donors (Lipinski definition) is 4. The van der Waals surface area contributed by atoms with E-state index < -0.39 is 0 Å². The average Bonchev–Trinajstić information content (AvgIpc) is 2.52. The Balaban J connectivity index is 2.20. The predicted molar refractivity (Wildman–Crippen MR) is 83.0 cm³/mol. The molecule has 5 N–H and O–H groups in total. The molecule has 21 heavy (non-hydrogen) atoms. The summed E-state index contributed by atoms with van der Waals surface area (Å²) in [6.45, 7) is 5.97. The Bertz CT molecular complexity index is 448. The Morgan fingerprint density at radius 2 is 1.81 bits per heavy atom. The molecule has 1 saturated heterocycles. The fourth-order valence-electron chi connectivity index (χ4n) is 2.32. The van der Waals surface area contributed by atoms with Gasteiger partial charge in [-0.15, -0.1) is 0 Å².